The largest absolute Gasteiger partial charge is 0.462 e. The Balaban J connectivity index is 1.78. The van der Waals surface area contributed by atoms with E-state index in [1.54, 1.807) is 22.8 Å². The Bertz CT molecular complexity index is 988. The third-order valence-electron chi connectivity index (χ3n) is 5.22. The van der Waals surface area contributed by atoms with Crippen molar-refractivity contribution < 1.29 is 14.0 Å². The number of thiazole rings is 1. The fraction of sp³-hybridized carbons (Fsp3) is 0.450. The molecule has 3 aromatic heterocycles. The van der Waals surface area contributed by atoms with Gasteiger partial charge in [0.1, 0.15) is 10.6 Å². The molecular weight excluding hydrogens is 390 g/mol. The van der Waals surface area contributed by atoms with Crippen LogP contribution in [-0.2, 0) is 15.8 Å². The maximum absolute atomic E-state index is 12.0. The number of nitrogens with zero attached hydrogens (tertiary/aromatic N) is 3. The van der Waals surface area contributed by atoms with E-state index in [0.29, 0.717) is 18.8 Å². The zero-order valence-corrected chi connectivity index (χ0v) is 19.1. The summed E-state index contributed by atoms with van der Waals surface area (Å²) in [5.74, 6) is -0.357. The van der Waals surface area contributed by atoms with Gasteiger partial charge in [-0.1, -0.05) is 20.8 Å². The van der Waals surface area contributed by atoms with Gasteiger partial charge >= 0.3 is 5.97 Å². The number of rotatable bonds is 6. The fourth-order valence-corrected chi connectivity index (χ4v) is 4.22. The molecule has 0 radical (unpaired) electrons. The molecule has 0 atom stereocenters. The van der Waals surface area contributed by atoms with E-state index in [1.807, 2.05) is 23.7 Å². The fourth-order valence-electron chi connectivity index (χ4n) is 2.47. The number of fused-ring (bicyclic) bond motifs is 1. The lowest BCUT2D eigenvalue weighted by Crippen LogP contribution is -2.40. The summed E-state index contributed by atoms with van der Waals surface area (Å²) in [5, 5.41) is 7.45. The maximum Gasteiger partial charge on any atom is 0.341 e. The van der Waals surface area contributed by atoms with Gasteiger partial charge in [-0.2, -0.15) is 5.10 Å². The van der Waals surface area contributed by atoms with E-state index in [2.05, 4.69) is 39.0 Å². The van der Waals surface area contributed by atoms with Crippen molar-refractivity contribution in [3.05, 3.63) is 40.5 Å². The average molecular weight is 418 g/mol. The minimum absolute atomic E-state index is 0.175. The van der Waals surface area contributed by atoms with Gasteiger partial charge in [0, 0.05) is 17.1 Å². The Hall–Kier alpha value is -2.03. The van der Waals surface area contributed by atoms with E-state index in [4.69, 9.17) is 14.1 Å². The Kier molecular flexibility index (Phi) is 5.74. The highest BCUT2D eigenvalue weighted by molar-refractivity contribution is 7.09. The van der Waals surface area contributed by atoms with E-state index in [1.165, 1.54) is 6.20 Å². The summed E-state index contributed by atoms with van der Waals surface area (Å²) in [6.45, 7) is 13.9. The lowest BCUT2D eigenvalue weighted by atomic mass is 10.2. The monoisotopic (exact) mass is 417 g/mol. The number of hydrogen-bond acceptors (Lipinski definition) is 6. The summed E-state index contributed by atoms with van der Waals surface area (Å²) in [6, 6.07) is 3.83. The first-order valence-corrected chi connectivity index (χ1v) is 13.1. The molecule has 0 amide bonds. The molecule has 0 N–H and O–H groups in total. The van der Waals surface area contributed by atoms with Crippen molar-refractivity contribution >= 4 is 31.1 Å². The van der Waals surface area contributed by atoms with Crippen molar-refractivity contribution in [1.82, 2.24) is 14.6 Å². The van der Waals surface area contributed by atoms with Crippen LogP contribution in [0.4, 0.5) is 0 Å². The molecule has 3 heterocycles. The summed E-state index contributed by atoms with van der Waals surface area (Å²) < 4.78 is 13.0. The van der Waals surface area contributed by atoms with Crippen molar-refractivity contribution in [3.63, 3.8) is 0 Å². The van der Waals surface area contributed by atoms with Gasteiger partial charge < -0.3 is 9.16 Å². The molecule has 0 saturated carbocycles. The molecule has 0 aliphatic carbocycles. The van der Waals surface area contributed by atoms with Gasteiger partial charge in [0.15, 0.2) is 8.32 Å². The predicted octanol–water partition coefficient (Wildman–Crippen LogP) is 5.16. The van der Waals surface area contributed by atoms with Gasteiger partial charge in [-0.15, -0.1) is 11.3 Å². The highest BCUT2D eigenvalue weighted by atomic mass is 32.1. The number of carbonyl (C=O) groups excluding carboxylic acids is 1. The van der Waals surface area contributed by atoms with E-state index in [-0.39, 0.29) is 11.0 Å². The molecule has 0 aromatic carbocycles. The molecule has 3 rings (SSSR count). The Morgan fingerprint density at radius 1 is 1.29 bits per heavy atom. The SMILES string of the molecule is CCOC(=O)c1cnn2cc(-c3csc(CO[Si](C)(C)C(C)(C)C)n3)ccc12. The second-order valence-electron chi connectivity index (χ2n) is 8.20. The molecular formula is C20H27N3O3SSi. The van der Waals surface area contributed by atoms with Crippen LogP contribution in [0.15, 0.2) is 29.9 Å². The molecule has 3 aromatic rings. The number of esters is 1. The highest BCUT2D eigenvalue weighted by Crippen LogP contribution is 2.37. The predicted molar refractivity (Wildman–Crippen MR) is 114 cm³/mol. The highest BCUT2D eigenvalue weighted by Gasteiger charge is 2.37. The van der Waals surface area contributed by atoms with Crippen LogP contribution >= 0.6 is 11.3 Å². The van der Waals surface area contributed by atoms with E-state index >= 15 is 0 Å². The summed E-state index contributed by atoms with van der Waals surface area (Å²) in [7, 11) is -1.80. The first kappa shape index (κ1) is 20.7. The zero-order valence-electron chi connectivity index (χ0n) is 17.3. The first-order valence-electron chi connectivity index (χ1n) is 9.35. The topological polar surface area (TPSA) is 65.7 Å². The molecule has 6 nitrogen and oxygen atoms in total. The third kappa shape index (κ3) is 4.18. The lowest BCUT2D eigenvalue weighted by Gasteiger charge is -2.35. The summed E-state index contributed by atoms with van der Waals surface area (Å²) >= 11 is 1.60. The summed E-state index contributed by atoms with van der Waals surface area (Å²) in [4.78, 5) is 16.7. The van der Waals surface area contributed by atoms with Gasteiger partial charge in [-0.05, 0) is 37.2 Å². The van der Waals surface area contributed by atoms with Crippen LogP contribution in [0.1, 0.15) is 43.1 Å². The molecule has 28 heavy (non-hydrogen) atoms. The Labute approximate surface area is 170 Å². The van der Waals surface area contributed by atoms with Crippen LogP contribution in [0.5, 0.6) is 0 Å². The molecule has 0 unspecified atom stereocenters. The molecule has 0 aliphatic heterocycles. The maximum atomic E-state index is 12.0. The van der Waals surface area contributed by atoms with Crippen LogP contribution in [0.25, 0.3) is 16.8 Å². The van der Waals surface area contributed by atoms with Crippen molar-refractivity contribution in [2.24, 2.45) is 0 Å². The van der Waals surface area contributed by atoms with Crippen LogP contribution in [0.3, 0.4) is 0 Å². The van der Waals surface area contributed by atoms with Crippen molar-refractivity contribution in [3.8, 4) is 11.3 Å². The normalized spacial score (nSPS) is 12.5. The number of pyridine rings is 1. The number of ether oxygens (including phenoxy) is 1. The van der Waals surface area contributed by atoms with E-state index < -0.39 is 8.32 Å². The van der Waals surface area contributed by atoms with Crippen LogP contribution in [0.2, 0.25) is 18.1 Å². The van der Waals surface area contributed by atoms with E-state index in [0.717, 1.165) is 21.8 Å². The smallest absolute Gasteiger partial charge is 0.341 e. The van der Waals surface area contributed by atoms with Gasteiger partial charge in [0.2, 0.25) is 0 Å². The van der Waals surface area contributed by atoms with Crippen LogP contribution in [-0.4, -0.2) is 35.5 Å². The molecule has 0 spiro atoms. The first-order chi connectivity index (χ1) is 13.1. The van der Waals surface area contributed by atoms with Gasteiger partial charge in [-0.25, -0.2) is 14.3 Å². The quantitative estimate of drug-likeness (QED) is 0.409. The number of hydrogen-bond donors (Lipinski definition) is 0. The van der Waals surface area contributed by atoms with Crippen LogP contribution < -0.4 is 0 Å². The third-order valence-corrected chi connectivity index (χ3v) is 10.5. The second kappa shape index (κ2) is 7.77. The number of aromatic nitrogens is 3. The minimum Gasteiger partial charge on any atom is -0.462 e. The number of carbonyl (C=O) groups is 1. The van der Waals surface area contributed by atoms with Crippen molar-refractivity contribution in [2.75, 3.05) is 6.61 Å². The molecule has 0 saturated heterocycles. The Morgan fingerprint density at radius 3 is 2.71 bits per heavy atom. The zero-order chi connectivity index (χ0) is 20.5. The standard InChI is InChI=1S/C20H27N3O3SSi/c1-7-25-19(24)15-10-21-23-11-14(8-9-17(15)23)16-13-27-18(22-16)12-26-28(5,6)20(2,3)4/h8-11,13H,7,12H2,1-6H3. The van der Waals surface area contributed by atoms with Gasteiger partial charge in [0.25, 0.3) is 0 Å². The lowest BCUT2D eigenvalue weighted by molar-refractivity contribution is 0.0528. The average Bonchev–Trinajstić information content (AvgIpc) is 3.25. The van der Waals surface area contributed by atoms with Gasteiger partial charge in [0.05, 0.1) is 30.6 Å². The molecule has 8 heteroatoms. The summed E-state index contributed by atoms with van der Waals surface area (Å²) in [5.41, 5.74) is 3.02. The second-order valence-corrected chi connectivity index (χ2v) is 14.0. The van der Waals surface area contributed by atoms with Crippen LogP contribution in [0, 0.1) is 0 Å². The minimum atomic E-state index is -1.80. The van der Waals surface area contributed by atoms with Crippen molar-refractivity contribution in [2.45, 2.75) is 52.4 Å². The summed E-state index contributed by atoms with van der Waals surface area (Å²) in [6.07, 6.45) is 3.42. The van der Waals surface area contributed by atoms with Crippen molar-refractivity contribution in [1.29, 1.82) is 0 Å². The molecule has 0 bridgehead atoms. The molecule has 0 fully saturated rings. The van der Waals surface area contributed by atoms with E-state index in [9.17, 15) is 4.79 Å². The Morgan fingerprint density at radius 2 is 2.04 bits per heavy atom. The van der Waals surface area contributed by atoms with Gasteiger partial charge in [-0.3, -0.25) is 0 Å². The molecule has 150 valence electrons. The molecule has 0 aliphatic rings.